The molecular weight excluding hydrogens is 933 g/mol. The highest BCUT2D eigenvalue weighted by Gasteiger charge is 2.22. The molecule has 8 heterocycles. The molecule has 2 fully saturated rings. The van der Waals surface area contributed by atoms with E-state index in [4.69, 9.17) is 49.6 Å². The molecule has 0 bridgehead atoms. The minimum Gasteiger partial charge on any atom is -0.497 e. The lowest BCUT2D eigenvalue weighted by Crippen LogP contribution is -2.28. The Hall–Kier alpha value is -7.97. The average Bonchev–Trinajstić information content (AvgIpc) is 4.00. The van der Waals surface area contributed by atoms with Gasteiger partial charge in [0.05, 0.1) is 47.3 Å². The molecule has 0 spiro atoms. The van der Waals surface area contributed by atoms with Crippen LogP contribution >= 0.6 is 0 Å². The third-order valence-corrected chi connectivity index (χ3v) is 13.1. The smallest absolute Gasteiger partial charge is 0.248 e. The summed E-state index contributed by atoms with van der Waals surface area (Å²) in [6.07, 6.45) is 8.23. The predicted molar refractivity (Wildman–Crippen MR) is 276 cm³/mol. The number of nitrogens with two attached hydrogens (primary N) is 1. The van der Waals surface area contributed by atoms with Crippen molar-refractivity contribution in [2.24, 2.45) is 5.73 Å². The number of aromatic nitrogens is 10. The second-order valence-corrected chi connectivity index (χ2v) is 19.1. The van der Waals surface area contributed by atoms with E-state index in [0.717, 1.165) is 114 Å². The van der Waals surface area contributed by atoms with Crippen molar-refractivity contribution in [1.29, 1.82) is 0 Å². The molecule has 0 aliphatic carbocycles. The van der Waals surface area contributed by atoms with Gasteiger partial charge in [0.2, 0.25) is 20.9 Å². The maximum atomic E-state index is 12.0. The number of benzene rings is 4. The molecule has 72 heavy (non-hydrogen) atoms. The van der Waals surface area contributed by atoms with Gasteiger partial charge in [0.1, 0.15) is 34.5 Å². The monoisotopic (exact) mass is 984 g/mol. The Morgan fingerprint density at radius 1 is 0.569 bits per heavy atom. The Kier molecular flexibility index (Phi) is 14.0. The Morgan fingerprint density at radius 2 is 1.07 bits per heavy atom. The molecule has 10 aromatic rings. The van der Waals surface area contributed by atoms with Crippen LogP contribution in [0.4, 0.5) is 5.95 Å². The van der Waals surface area contributed by atoms with E-state index in [0.29, 0.717) is 52.5 Å². The normalized spacial score (nSPS) is 14.4. The van der Waals surface area contributed by atoms with Crippen LogP contribution in [-0.2, 0) is 19.3 Å². The quantitative estimate of drug-likeness (QED) is 0.130. The molecule has 2 aliphatic heterocycles. The molecule has 0 amide bonds. The Labute approximate surface area is 415 Å². The van der Waals surface area contributed by atoms with Crippen LogP contribution in [0.25, 0.3) is 78.5 Å². The summed E-state index contributed by atoms with van der Waals surface area (Å²) in [5, 5.41) is 5.30. The second-order valence-electron chi connectivity index (χ2n) is 17.2. The lowest BCUT2D eigenvalue weighted by molar-refractivity contribution is 0.0866. The molecule has 0 radical (unpaired) electrons. The standard InChI is InChI=1S/C26H24N6O2.C22H17N5O3S.C5H11NO/c1-33-19-7-9-23-22(16-19)30-25(21-8-6-17-4-2-3-5-20(17)29-21)32(23)24-10-13-27-26(31-24)28-18-11-14-34-15-12-18;1-30-15-8-10-19-18(13-15)25-21(17-9-7-14-5-3-4-6-16(14)24-17)27(19)20-11-12-23-22(26-20)31(2,28)29;6-5-1-3-7-4-2-5/h2-10,13,16,18H,11-12,14-15H2,1H3,(H,27,28,31);3-13H,1-2H3;5H,1-4,6H2. The van der Waals surface area contributed by atoms with Gasteiger partial charge in [-0.3, -0.25) is 9.13 Å². The number of ether oxygens (including phenoxy) is 4. The predicted octanol–water partition coefficient (Wildman–Crippen LogP) is 8.20. The number of imidazole rings is 2. The number of hydrogen-bond donors (Lipinski definition) is 2. The van der Waals surface area contributed by atoms with Gasteiger partial charge in [0, 0.05) is 80.1 Å². The Bertz CT molecular complexity index is 3650. The summed E-state index contributed by atoms with van der Waals surface area (Å²) in [6.45, 7) is 3.23. The summed E-state index contributed by atoms with van der Waals surface area (Å²) in [5.41, 5.74) is 11.8. The fraction of sp³-hybridized carbons (Fsp3) is 0.245. The van der Waals surface area contributed by atoms with Gasteiger partial charge >= 0.3 is 0 Å². The zero-order valence-electron chi connectivity index (χ0n) is 39.9. The molecule has 3 N–H and O–H groups in total. The second kappa shape index (κ2) is 21.2. The summed E-state index contributed by atoms with van der Waals surface area (Å²) in [5.74, 6) is 4.36. The molecular formula is C53H52N12O6S. The molecule has 0 unspecified atom stereocenters. The molecule has 12 rings (SSSR count). The van der Waals surface area contributed by atoms with Crippen LogP contribution in [0.3, 0.4) is 0 Å². The first-order valence-corrected chi connectivity index (χ1v) is 25.4. The summed E-state index contributed by atoms with van der Waals surface area (Å²) in [7, 11) is -0.333. The number of sulfone groups is 1. The zero-order valence-corrected chi connectivity index (χ0v) is 40.7. The first-order chi connectivity index (χ1) is 35.1. The largest absolute Gasteiger partial charge is 0.497 e. The number of hydrogen-bond acceptors (Lipinski definition) is 16. The molecule has 0 atom stereocenters. The third-order valence-electron chi connectivity index (χ3n) is 12.2. The van der Waals surface area contributed by atoms with E-state index in [1.54, 1.807) is 31.0 Å². The molecule has 2 saturated heterocycles. The van der Waals surface area contributed by atoms with Crippen molar-refractivity contribution in [3.05, 3.63) is 134 Å². The first kappa shape index (κ1) is 47.7. The van der Waals surface area contributed by atoms with Gasteiger partial charge in [-0.05, 0) is 86.3 Å². The van der Waals surface area contributed by atoms with Crippen LogP contribution in [0, 0.1) is 0 Å². The maximum absolute atomic E-state index is 12.0. The number of methoxy groups -OCH3 is 2. The van der Waals surface area contributed by atoms with Gasteiger partial charge in [0.25, 0.3) is 0 Å². The third kappa shape index (κ3) is 10.5. The van der Waals surface area contributed by atoms with Crippen LogP contribution in [-0.4, -0.2) is 116 Å². The van der Waals surface area contributed by atoms with Crippen LogP contribution in [0.1, 0.15) is 25.7 Å². The van der Waals surface area contributed by atoms with E-state index in [1.807, 2.05) is 108 Å². The van der Waals surface area contributed by atoms with Crippen molar-refractivity contribution < 1.29 is 27.4 Å². The molecule has 6 aromatic heterocycles. The summed E-state index contributed by atoms with van der Waals surface area (Å²) < 4.78 is 49.2. The first-order valence-electron chi connectivity index (χ1n) is 23.5. The minimum absolute atomic E-state index is 0.252. The van der Waals surface area contributed by atoms with Crippen molar-refractivity contribution in [2.45, 2.75) is 42.9 Å². The van der Waals surface area contributed by atoms with Crippen molar-refractivity contribution in [3.8, 4) is 46.2 Å². The molecule has 4 aromatic carbocycles. The number of rotatable bonds is 9. The summed E-state index contributed by atoms with van der Waals surface area (Å²) >= 11 is 0. The van der Waals surface area contributed by atoms with E-state index in [2.05, 4.69) is 32.4 Å². The van der Waals surface area contributed by atoms with Crippen molar-refractivity contribution in [2.75, 3.05) is 52.2 Å². The highest BCUT2D eigenvalue weighted by atomic mass is 32.2. The van der Waals surface area contributed by atoms with E-state index >= 15 is 0 Å². The fourth-order valence-electron chi connectivity index (χ4n) is 8.48. The number of anilines is 1. The summed E-state index contributed by atoms with van der Waals surface area (Å²) in [6, 6.07) is 39.4. The van der Waals surface area contributed by atoms with Crippen LogP contribution in [0.15, 0.2) is 139 Å². The number of nitrogens with one attached hydrogen (secondary N) is 1. The van der Waals surface area contributed by atoms with Crippen molar-refractivity contribution >= 4 is 59.7 Å². The van der Waals surface area contributed by atoms with E-state index in [-0.39, 0.29) is 5.16 Å². The highest BCUT2D eigenvalue weighted by molar-refractivity contribution is 7.90. The fourth-order valence-corrected chi connectivity index (χ4v) is 8.99. The van der Waals surface area contributed by atoms with Gasteiger partial charge in [-0.25, -0.2) is 43.3 Å². The van der Waals surface area contributed by atoms with Gasteiger partial charge in [-0.15, -0.1) is 0 Å². The van der Waals surface area contributed by atoms with Crippen LogP contribution in [0.5, 0.6) is 11.5 Å². The van der Waals surface area contributed by atoms with Crippen molar-refractivity contribution in [3.63, 3.8) is 0 Å². The lowest BCUT2D eigenvalue weighted by Gasteiger charge is -2.23. The Balaban J connectivity index is 0.000000146. The lowest BCUT2D eigenvalue weighted by atomic mass is 10.1. The Morgan fingerprint density at radius 3 is 1.57 bits per heavy atom. The zero-order chi connectivity index (χ0) is 49.6. The van der Waals surface area contributed by atoms with Gasteiger partial charge in [0.15, 0.2) is 11.6 Å². The van der Waals surface area contributed by atoms with Gasteiger partial charge < -0.3 is 30.0 Å². The van der Waals surface area contributed by atoms with E-state index < -0.39 is 9.84 Å². The number of pyridine rings is 2. The topological polar surface area (TPSA) is 222 Å². The van der Waals surface area contributed by atoms with Gasteiger partial charge in [-0.1, -0.05) is 48.5 Å². The van der Waals surface area contributed by atoms with Gasteiger partial charge in [-0.2, -0.15) is 4.98 Å². The highest BCUT2D eigenvalue weighted by Crippen LogP contribution is 2.32. The number of fused-ring (bicyclic) bond motifs is 4. The van der Waals surface area contributed by atoms with E-state index in [1.165, 1.54) is 6.20 Å². The number of nitrogens with zero attached hydrogens (tertiary/aromatic N) is 10. The van der Waals surface area contributed by atoms with Crippen LogP contribution in [0.2, 0.25) is 0 Å². The molecule has 0 saturated carbocycles. The van der Waals surface area contributed by atoms with Crippen LogP contribution < -0.4 is 20.5 Å². The number of para-hydroxylation sites is 2. The molecule has 18 nitrogen and oxygen atoms in total. The molecule has 19 heteroatoms. The average molecular weight is 985 g/mol. The minimum atomic E-state index is -3.58. The summed E-state index contributed by atoms with van der Waals surface area (Å²) in [4.78, 5) is 36.9. The SMILES string of the molecule is COc1ccc2c(c1)nc(-c1ccc3ccccc3n1)n2-c1ccnc(NC2CCOCC2)n1.COc1ccc2c(c1)nc(-c1ccc3ccccc3n1)n2-c1ccnc(S(C)(=O)=O)n1.NC1CCOCC1. The molecule has 366 valence electrons. The van der Waals surface area contributed by atoms with Crippen molar-refractivity contribution in [1.82, 2.24) is 49.0 Å². The molecule has 2 aliphatic rings. The van der Waals surface area contributed by atoms with E-state index in [9.17, 15) is 8.42 Å². The maximum Gasteiger partial charge on any atom is 0.248 e.